The highest BCUT2D eigenvalue weighted by Crippen LogP contribution is 2.19. The number of para-hydroxylation sites is 1. The van der Waals surface area contributed by atoms with Gasteiger partial charge >= 0.3 is 5.97 Å². The van der Waals surface area contributed by atoms with Gasteiger partial charge < -0.3 is 14.7 Å². The van der Waals surface area contributed by atoms with Gasteiger partial charge in [0.2, 0.25) is 0 Å². The lowest BCUT2D eigenvalue weighted by atomic mass is 9.99. The fourth-order valence-electron chi connectivity index (χ4n) is 3.19. The Kier molecular flexibility index (Phi) is 7.22. The van der Waals surface area contributed by atoms with Gasteiger partial charge in [-0.15, -0.1) is 0 Å². The zero-order valence-electron chi connectivity index (χ0n) is 17.0. The summed E-state index contributed by atoms with van der Waals surface area (Å²) in [5, 5.41) is 9.06. The average molecular weight is 403 g/mol. The largest absolute Gasteiger partial charge is 0.489 e. The minimum absolute atomic E-state index is 0.0253. The number of amides is 1. The highest BCUT2D eigenvalue weighted by molar-refractivity contribution is 5.95. The molecule has 0 aliphatic carbocycles. The van der Waals surface area contributed by atoms with Gasteiger partial charge in [0.25, 0.3) is 5.91 Å². The standard InChI is InChI=1S/C25H25NO4/c1-26(17-19-8-4-2-5-9-19)25(29)23-16-20(12-13-21(23)14-15-24(27)28)18-30-22-10-6-3-7-11-22/h2-13,16H,14-15,17-18H2,1H3,(H,27,28). The molecule has 154 valence electrons. The van der Waals surface area contributed by atoms with Gasteiger partial charge in [-0.25, -0.2) is 0 Å². The van der Waals surface area contributed by atoms with Crippen LogP contribution < -0.4 is 4.74 Å². The number of nitrogens with zero attached hydrogens (tertiary/aromatic N) is 1. The third-order valence-electron chi connectivity index (χ3n) is 4.77. The number of aryl methyl sites for hydroxylation is 1. The molecule has 1 N–H and O–H groups in total. The zero-order chi connectivity index (χ0) is 21.3. The highest BCUT2D eigenvalue weighted by atomic mass is 16.5. The van der Waals surface area contributed by atoms with E-state index in [9.17, 15) is 9.59 Å². The number of aliphatic carboxylic acids is 1. The van der Waals surface area contributed by atoms with E-state index in [0.29, 0.717) is 25.1 Å². The van der Waals surface area contributed by atoms with Crippen molar-refractivity contribution in [2.24, 2.45) is 0 Å². The molecule has 0 fully saturated rings. The number of carboxylic acid groups (broad SMARTS) is 1. The Morgan fingerprint density at radius 2 is 1.57 bits per heavy atom. The molecule has 0 radical (unpaired) electrons. The average Bonchev–Trinajstić information content (AvgIpc) is 2.77. The lowest BCUT2D eigenvalue weighted by Crippen LogP contribution is -2.27. The Morgan fingerprint density at radius 1 is 0.900 bits per heavy atom. The van der Waals surface area contributed by atoms with Crippen molar-refractivity contribution in [2.45, 2.75) is 26.0 Å². The van der Waals surface area contributed by atoms with Crippen LogP contribution >= 0.6 is 0 Å². The van der Waals surface area contributed by atoms with E-state index < -0.39 is 5.97 Å². The summed E-state index contributed by atoms with van der Waals surface area (Å²) in [5.74, 6) is -0.273. The Morgan fingerprint density at radius 3 is 2.23 bits per heavy atom. The maximum atomic E-state index is 13.2. The van der Waals surface area contributed by atoms with Crippen LogP contribution in [0, 0.1) is 0 Å². The molecule has 1 amide bonds. The Labute approximate surface area is 176 Å². The number of carbonyl (C=O) groups is 2. The second-order valence-corrected chi connectivity index (χ2v) is 7.13. The summed E-state index contributed by atoms with van der Waals surface area (Å²) in [7, 11) is 1.75. The minimum atomic E-state index is -0.887. The van der Waals surface area contributed by atoms with Crippen LogP contribution in [0.4, 0.5) is 0 Å². The van der Waals surface area contributed by atoms with Gasteiger partial charge in [0.15, 0.2) is 0 Å². The fraction of sp³-hybridized carbons (Fsp3) is 0.200. The lowest BCUT2D eigenvalue weighted by Gasteiger charge is -2.20. The SMILES string of the molecule is CN(Cc1ccccc1)C(=O)c1cc(COc2ccccc2)ccc1CCC(=O)O. The summed E-state index contributed by atoms with van der Waals surface area (Å²) in [5.41, 5.74) is 3.13. The molecular formula is C25H25NO4. The summed E-state index contributed by atoms with van der Waals surface area (Å²) in [6.45, 7) is 0.800. The maximum absolute atomic E-state index is 13.2. The molecule has 0 aliphatic rings. The second kappa shape index (κ2) is 10.3. The molecule has 0 saturated heterocycles. The van der Waals surface area contributed by atoms with Gasteiger partial charge in [-0.3, -0.25) is 9.59 Å². The highest BCUT2D eigenvalue weighted by Gasteiger charge is 2.18. The zero-order valence-corrected chi connectivity index (χ0v) is 17.0. The van der Waals surface area contributed by atoms with Crippen LogP contribution in [0.25, 0.3) is 0 Å². The third kappa shape index (κ3) is 5.95. The van der Waals surface area contributed by atoms with Gasteiger partial charge in [-0.05, 0) is 41.3 Å². The van der Waals surface area contributed by atoms with E-state index in [1.54, 1.807) is 11.9 Å². The molecule has 0 aromatic heterocycles. The van der Waals surface area contributed by atoms with Crippen LogP contribution in [-0.2, 0) is 24.4 Å². The monoisotopic (exact) mass is 403 g/mol. The van der Waals surface area contributed by atoms with Gasteiger partial charge in [0, 0.05) is 25.6 Å². The van der Waals surface area contributed by atoms with Crippen molar-refractivity contribution in [3.8, 4) is 5.75 Å². The Balaban J connectivity index is 1.80. The molecule has 3 aromatic rings. The van der Waals surface area contributed by atoms with Crippen LogP contribution in [-0.4, -0.2) is 28.9 Å². The molecule has 30 heavy (non-hydrogen) atoms. The molecule has 0 aliphatic heterocycles. The van der Waals surface area contributed by atoms with E-state index in [1.807, 2.05) is 78.9 Å². The smallest absolute Gasteiger partial charge is 0.303 e. The quantitative estimate of drug-likeness (QED) is 0.569. The molecule has 3 aromatic carbocycles. The van der Waals surface area contributed by atoms with Crippen LogP contribution in [0.2, 0.25) is 0 Å². The van der Waals surface area contributed by atoms with E-state index in [4.69, 9.17) is 9.84 Å². The molecule has 5 heteroatoms. The van der Waals surface area contributed by atoms with Gasteiger partial charge in [-0.2, -0.15) is 0 Å². The number of rotatable bonds is 9. The Bertz CT molecular complexity index is 987. The minimum Gasteiger partial charge on any atom is -0.489 e. The summed E-state index contributed by atoms with van der Waals surface area (Å²) >= 11 is 0. The van der Waals surface area contributed by atoms with Crippen molar-refractivity contribution in [1.82, 2.24) is 4.90 Å². The van der Waals surface area contributed by atoms with Crippen molar-refractivity contribution < 1.29 is 19.4 Å². The summed E-state index contributed by atoms with van der Waals surface area (Å²) in [6.07, 6.45) is 0.276. The number of hydrogen-bond donors (Lipinski definition) is 1. The lowest BCUT2D eigenvalue weighted by molar-refractivity contribution is -0.136. The van der Waals surface area contributed by atoms with E-state index in [2.05, 4.69) is 0 Å². The van der Waals surface area contributed by atoms with Crippen molar-refractivity contribution in [3.05, 3.63) is 101 Å². The first-order valence-electron chi connectivity index (χ1n) is 9.84. The van der Waals surface area contributed by atoms with Crippen LogP contribution in [0.5, 0.6) is 5.75 Å². The predicted molar refractivity (Wildman–Crippen MR) is 115 cm³/mol. The van der Waals surface area contributed by atoms with E-state index in [-0.39, 0.29) is 12.3 Å². The van der Waals surface area contributed by atoms with Crippen LogP contribution in [0.15, 0.2) is 78.9 Å². The van der Waals surface area contributed by atoms with Crippen molar-refractivity contribution in [2.75, 3.05) is 7.05 Å². The first kappa shape index (κ1) is 21.1. The van der Waals surface area contributed by atoms with Crippen molar-refractivity contribution in [3.63, 3.8) is 0 Å². The number of carbonyl (C=O) groups excluding carboxylic acids is 1. The molecule has 0 saturated carbocycles. The fourth-order valence-corrected chi connectivity index (χ4v) is 3.19. The molecular weight excluding hydrogens is 378 g/mol. The second-order valence-electron chi connectivity index (χ2n) is 7.13. The van der Waals surface area contributed by atoms with Crippen molar-refractivity contribution >= 4 is 11.9 Å². The molecule has 0 unspecified atom stereocenters. The van der Waals surface area contributed by atoms with Gasteiger partial charge in [-0.1, -0.05) is 60.7 Å². The topological polar surface area (TPSA) is 66.8 Å². The molecule has 0 bridgehead atoms. The molecule has 0 atom stereocenters. The van der Waals surface area contributed by atoms with Crippen LogP contribution in [0.1, 0.15) is 33.5 Å². The van der Waals surface area contributed by atoms with E-state index >= 15 is 0 Å². The number of hydrogen-bond acceptors (Lipinski definition) is 3. The predicted octanol–water partition coefficient (Wildman–Crippen LogP) is 4.56. The maximum Gasteiger partial charge on any atom is 0.303 e. The molecule has 0 spiro atoms. The molecule has 5 nitrogen and oxygen atoms in total. The number of ether oxygens (including phenoxy) is 1. The van der Waals surface area contributed by atoms with Crippen molar-refractivity contribution in [1.29, 1.82) is 0 Å². The normalized spacial score (nSPS) is 10.4. The first-order valence-corrected chi connectivity index (χ1v) is 9.84. The van der Waals surface area contributed by atoms with E-state index in [0.717, 1.165) is 22.4 Å². The summed E-state index contributed by atoms with van der Waals surface area (Å²) < 4.78 is 5.80. The molecule has 0 heterocycles. The first-order chi connectivity index (χ1) is 14.5. The summed E-state index contributed by atoms with van der Waals surface area (Å²) in [4.78, 5) is 25.9. The van der Waals surface area contributed by atoms with Gasteiger partial charge in [0.05, 0.1) is 0 Å². The summed E-state index contributed by atoms with van der Waals surface area (Å²) in [6, 6.07) is 24.8. The van der Waals surface area contributed by atoms with E-state index in [1.165, 1.54) is 0 Å². The molecule has 3 rings (SSSR count). The van der Waals surface area contributed by atoms with Crippen LogP contribution in [0.3, 0.4) is 0 Å². The Hall–Kier alpha value is -3.60. The number of benzene rings is 3. The third-order valence-corrected chi connectivity index (χ3v) is 4.77. The number of carboxylic acids is 1. The van der Waals surface area contributed by atoms with Gasteiger partial charge in [0.1, 0.15) is 12.4 Å².